The number of rotatable bonds is 10. The van der Waals surface area contributed by atoms with E-state index in [1.807, 2.05) is 54.9 Å². The van der Waals surface area contributed by atoms with E-state index in [1.54, 1.807) is 21.0 Å². The fourth-order valence-electron chi connectivity index (χ4n) is 2.91. The minimum Gasteiger partial charge on any atom is -0.547 e. The summed E-state index contributed by atoms with van der Waals surface area (Å²) >= 11 is 4.36. The number of hydrogen-bond donors (Lipinski definition) is 2. The number of methoxy groups -OCH3 is 1. The fourth-order valence-corrected chi connectivity index (χ4v) is 4.58. The molecule has 0 aromatic rings. The van der Waals surface area contributed by atoms with Crippen LogP contribution in [0.3, 0.4) is 0 Å². The fraction of sp³-hybridized carbons (Fsp3) is 0.657. The standard InChI is InChI=1S/C13H26OSi.C12H19IO2.C5H9IO.C4H7NO2.CH4/c1-9-10-11(2)12(3)14-15(7,8)13(4,5)6;1-8(7-13)5-12(15)10(3)6-9(2)11(4)14;1-5(3-6)4-7-2;1-3-2-7-4(6)5-3;/h9-10H,1-8H3;6-7,10,12,15H,5H2,1-4H3;3H,4H2,1-2H3;3H,2H2,1H3,(H,5,6);1H4/b10-9+,12-11+;8-7+,9-6+;5-3+;;/t;10-,12+;;;/m.1.../s1. The second-order valence-corrected chi connectivity index (χ2v) is 18.6. The number of Topliss-reactive ketones (excluding diaryl/α,β-unsaturated/α-hetero) is 1. The van der Waals surface area contributed by atoms with Crippen molar-refractivity contribution in [2.75, 3.05) is 20.3 Å². The lowest BCUT2D eigenvalue weighted by Crippen LogP contribution is -2.40. The predicted octanol–water partition coefficient (Wildman–Crippen LogP) is 10.8. The summed E-state index contributed by atoms with van der Waals surface area (Å²) in [6, 6.07) is 0.201. The van der Waals surface area contributed by atoms with Crippen molar-refractivity contribution in [1.29, 1.82) is 0 Å². The first-order valence-electron chi connectivity index (χ1n) is 14.9. The second-order valence-electron chi connectivity index (χ2n) is 12.6. The van der Waals surface area contributed by atoms with Gasteiger partial charge < -0.3 is 24.3 Å². The quantitative estimate of drug-likeness (QED) is 0.0746. The summed E-state index contributed by atoms with van der Waals surface area (Å²) in [4.78, 5) is 21.1. The Balaban J connectivity index is -0.000000261. The number of allylic oxidation sites excluding steroid dienone is 5. The number of aliphatic hydroxyl groups excluding tert-OH is 1. The van der Waals surface area contributed by atoms with Crippen molar-refractivity contribution in [2.45, 2.75) is 127 Å². The van der Waals surface area contributed by atoms with Crippen LogP contribution in [-0.2, 0) is 18.7 Å². The van der Waals surface area contributed by atoms with Crippen LogP contribution in [0.1, 0.15) is 96.9 Å². The molecule has 2 N–H and O–H groups in total. The zero-order chi connectivity index (χ0) is 35.3. The van der Waals surface area contributed by atoms with Crippen molar-refractivity contribution in [3.8, 4) is 0 Å². The molecule has 1 fully saturated rings. The van der Waals surface area contributed by atoms with Crippen molar-refractivity contribution >= 4 is 65.4 Å². The Labute approximate surface area is 305 Å². The van der Waals surface area contributed by atoms with Crippen LogP contribution in [0, 0.1) is 5.92 Å². The molecule has 7 nitrogen and oxygen atoms in total. The molecular formula is C35H65I2NO6Si. The maximum absolute atomic E-state index is 11.0. The Bertz CT molecular complexity index is 1010. The zero-order valence-electron chi connectivity index (χ0n) is 30.0. The highest BCUT2D eigenvalue weighted by Gasteiger charge is 2.39. The van der Waals surface area contributed by atoms with Gasteiger partial charge in [-0.1, -0.05) is 104 Å². The molecule has 0 aromatic carbocycles. The average molecular weight is 878 g/mol. The summed E-state index contributed by atoms with van der Waals surface area (Å²) in [6.07, 6.45) is 5.94. The van der Waals surface area contributed by atoms with E-state index in [0.29, 0.717) is 13.0 Å². The van der Waals surface area contributed by atoms with E-state index in [4.69, 9.17) is 9.16 Å². The van der Waals surface area contributed by atoms with Crippen LogP contribution in [0.25, 0.3) is 0 Å². The lowest BCUT2D eigenvalue weighted by molar-refractivity contribution is -0.113. The van der Waals surface area contributed by atoms with Crippen LogP contribution in [0.15, 0.2) is 54.4 Å². The van der Waals surface area contributed by atoms with Gasteiger partial charge in [0.25, 0.3) is 0 Å². The maximum atomic E-state index is 11.0. The topological polar surface area (TPSA) is 94.1 Å². The molecule has 3 atom stereocenters. The molecule has 1 saturated heterocycles. The number of carbonyl (C=O) groups excluding carboxylic acids is 2. The Hall–Kier alpha value is -0.963. The number of ether oxygens (including phenoxy) is 2. The third kappa shape index (κ3) is 26.8. The van der Waals surface area contributed by atoms with Gasteiger partial charge >= 0.3 is 6.09 Å². The lowest BCUT2D eigenvalue weighted by atomic mass is 9.96. The number of cyclic esters (lactones) is 1. The molecule has 0 radical (unpaired) electrons. The van der Waals surface area contributed by atoms with Crippen LogP contribution in [-0.4, -0.2) is 57.8 Å². The van der Waals surface area contributed by atoms with Crippen molar-refractivity contribution in [3.63, 3.8) is 0 Å². The minimum absolute atomic E-state index is 0. The zero-order valence-corrected chi connectivity index (χ0v) is 35.3. The first-order valence-corrected chi connectivity index (χ1v) is 20.3. The number of amides is 1. The van der Waals surface area contributed by atoms with E-state index in [1.165, 1.54) is 11.1 Å². The van der Waals surface area contributed by atoms with Gasteiger partial charge in [0.05, 0.1) is 24.5 Å². The van der Waals surface area contributed by atoms with Gasteiger partial charge in [0, 0.05) is 13.0 Å². The molecule has 264 valence electrons. The number of carbonyl (C=O) groups is 2. The number of alkyl carbamates (subject to hydrolysis) is 1. The third-order valence-electron chi connectivity index (χ3n) is 6.97. The van der Waals surface area contributed by atoms with Crippen LogP contribution in [0.4, 0.5) is 4.79 Å². The molecule has 1 aliphatic rings. The van der Waals surface area contributed by atoms with Crippen LogP contribution >= 0.6 is 45.2 Å². The molecular weight excluding hydrogens is 812 g/mol. The van der Waals surface area contributed by atoms with Gasteiger partial charge in [0.2, 0.25) is 8.32 Å². The molecule has 0 saturated carbocycles. The summed E-state index contributed by atoms with van der Waals surface area (Å²) in [6.45, 7) is 30.0. The highest BCUT2D eigenvalue weighted by molar-refractivity contribution is 14.1. The Morgan fingerprint density at radius 2 is 1.62 bits per heavy atom. The van der Waals surface area contributed by atoms with Gasteiger partial charge in [-0.25, -0.2) is 4.79 Å². The average Bonchev–Trinajstić information content (AvgIpc) is 3.30. The molecule has 0 spiro atoms. The van der Waals surface area contributed by atoms with Crippen molar-refractivity contribution in [1.82, 2.24) is 5.32 Å². The summed E-state index contributed by atoms with van der Waals surface area (Å²) in [5.74, 6) is 1.15. The highest BCUT2D eigenvalue weighted by Crippen LogP contribution is 2.38. The molecule has 10 heteroatoms. The van der Waals surface area contributed by atoms with E-state index in [2.05, 4.69) is 109 Å². The second kappa shape index (κ2) is 27.0. The number of nitrogens with one attached hydrogen (secondary N) is 1. The number of hydrogen-bond acceptors (Lipinski definition) is 6. The predicted molar refractivity (Wildman–Crippen MR) is 214 cm³/mol. The molecule has 1 heterocycles. The van der Waals surface area contributed by atoms with E-state index >= 15 is 0 Å². The summed E-state index contributed by atoms with van der Waals surface area (Å²) in [5, 5.41) is 12.7. The molecule has 1 aliphatic heterocycles. The minimum atomic E-state index is -1.65. The normalized spacial score (nSPS) is 17.4. The third-order valence-corrected chi connectivity index (χ3v) is 13.5. The van der Waals surface area contributed by atoms with E-state index in [-0.39, 0.29) is 36.3 Å². The molecule has 0 aliphatic carbocycles. The van der Waals surface area contributed by atoms with Crippen LogP contribution < -0.4 is 5.32 Å². The van der Waals surface area contributed by atoms with Crippen molar-refractivity contribution < 1.29 is 28.6 Å². The lowest BCUT2D eigenvalue weighted by Gasteiger charge is -2.37. The van der Waals surface area contributed by atoms with Crippen molar-refractivity contribution in [3.05, 3.63) is 54.4 Å². The molecule has 1 unspecified atom stereocenters. The summed E-state index contributed by atoms with van der Waals surface area (Å²) in [5.41, 5.74) is 4.37. The SMILES string of the molecule is C.C/C=C/C(C)=C(\C)O[Si](C)(C)C(C)(C)C.CC(=O)/C(C)=C/[C@@H](C)[C@@H](O)C/C(C)=C/I.CC1COC(=O)N1.COC/C(C)=C/I. The van der Waals surface area contributed by atoms with Gasteiger partial charge in [0.15, 0.2) is 5.78 Å². The molecule has 1 rings (SSSR count). The van der Waals surface area contributed by atoms with E-state index < -0.39 is 14.4 Å². The summed E-state index contributed by atoms with van der Waals surface area (Å²) < 4.78 is 19.5. The smallest absolute Gasteiger partial charge is 0.407 e. The van der Waals surface area contributed by atoms with Crippen LogP contribution in [0.2, 0.25) is 18.1 Å². The van der Waals surface area contributed by atoms with Crippen LogP contribution in [0.5, 0.6) is 0 Å². The first-order chi connectivity index (χ1) is 20.1. The van der Waals surface area contributed by atoms with Gasteiger partial charge in [-0.05, 0) is 105 Å². The Kier molecular flexibility index (Phi) is 30.6. The first kappa shape index (κ1) is 50.9. The number of aliphatic hydroxyl groups is 1. The number of ketones is 1. The summed E-state index contributed by atoms with van der Waals surface area (Å²) in [7, 11) is 0.0465. The van der Waals surface area contributed by atoms with E-state index in [0.717, 1.165) is 23.5 Å². The van der Waals surface area contributed by atoms with E-state index in [9.17, 15) is 14.7 Å². The highest BCUT2D eigenvalue weighted by atomic mass is 127. The van der Waals surface area contributed by atoms with Gasteiger partial charge in [0.1, 0.15) is 6.61 Å². The van der Waals surface area contributed by atoms with Gasteiger partial charge in [-0.2, -0.15) is 0 Å². The molecule has 0 aromatic heterocycles. The van der Waals surface area contributed by atoms with Crippen molar-refractivity contribution in [2.24, 2.45) is 5.92 Å². The largest absolute Gasteiger partial charge is 0.547 e. The molecule has 0 bridgehead atoms. The van der Waals surface area contributed by atoms with Gasteiger partial charge in [-0.3, -0.25) is 4.79 Å². The Morgan fingerprint density at radius 1 is 1.11 bits per heavy atom. The van der Waals surface area contributed by atoms with Gasteiger partial charge in [-0.15, -0.1) is 0 Å². The maximum Gasteiger partial charge on any atom is 0.407 e. The Morgan fingerprint density at radius 3 is 1.91 bits per heavy atom. The monoisotopic (exact) mass is 877 g/mol. The number of halogens is 2. The molecule has 1 amide bonds. The molecule has 45 heavy (non-hydrogen) atoms.